The number of carbonyl (C=O) groups excluding carboxylic acids is 1. The van der Waals surface area contributed by atoms with Crippen LogP contribution in [0.1, 0.15) is 34.8 Å². The van der Waals surface area contributed by atoms with E-state index in [4.69, 9.17) is 11.6 Å². The van der Waals surface area contributed by atoms with Gasteiger partial charge >= 0.3 is 0 Å². The number of thiazole rings is 1. The fourth-order valence-electron chi connectivity index (χ4n) is 4.23. The summed E-state index contributed by atoms with van der Waals surface area (Å²) in [6, 6.07) is 10.1. The average molecular weight is 440 g/mol. The summed E-state index contributed by atoms with van der Waals surface area (Å²) in [4.78, 5) is 29.6. The smallest absolute Gasteiger partial charge is 0.274 e. The van der Waals surface area contributed by atoms with Gasteiger partial charge in [-0.2, -0.15) is 0 Å². The summed E-state index contributed by atoms with van der Waals surface area (Å²) in [7, 11) is 0. The molecule has 1 amide bonds. The summed E-state index contributed by atoms with van der Waals surface area (Å²) < 4.78 is 0. The lowest BCUT2D eigenvalue weighted by molar-refractivity contribution is 0.0733. The van der Waals surface area contributed by atoms with E-state index in [1.54, 1.807) is 23.7 Å². The monoisotopic (exact) mass is 439 g/mol. The van der Waals surface area contributed by atoms with Gasteiger partial charge in [-0.15, -0.1) is 11.3 Å². The van der Waals surface area contributed by atoms with E-state index >= 15 is 0 Å². The van der Waals surface area contributed by atoms with Gasteiger partial charge in [-0.3, -0.25) is 4.79 Å². The van der Waals surface area contributed by atoms with Gasteiger partial charge in [-0.1, -0.05) is 41.9 Å². The number of hydrogen-bond acceptors (Lipinski definition) is 6. The van der Waals surface area contributed by atoms with Crippen molar-refractivity contribution < 1.29 is 4.79 Å². The number of amides is 1. The highest BCUT2D eigenvalue weighted by atomic mass is 35.5. The molecule has 2 fully saturated rings. The molecule has 1 saturated heterocycles. The Morgan fingerprint density at radius 2 is 2.00 bits per heavy atom. The van der Waals surface area contributed by atoms with Crippen LogP contribution in [-0.2, 0) is 0 Å². The number of aromatic nitrogens is 3. The highest BCUT2D eigenvalue weighted by Gasteiger charge is 2.53. The summed E-state index contributed by atoms with van der Waals surface area (Å²) in [5, 5.41) is 4.68. The van der Waals surface area contributed by atoms with Gasteiger partial charge in [-0.05, 0) is 37.2 Å². The Morgan fingerprint density at radius 3 is 2.70 bits per heavy atom. The fourth-order valence-corrected chi connectivity index (χ4v) is 5.24. The number of hydrogen-bond donors (Lipinski definition) is 1. The third kappa shape index (κ3) is 3.79. The van der Waals surface area contributed by atoms with Crippen LogP contribution in [0.5, 0.6) is 0 Å². The maximum absolute atomic E-state index is 13.6. The molecule has 1 spiro atoms. The largest absolute Gasteiger partial charge is 0.352 e. The maximum Gasteiger partial charge on any atom is 0.274 e. The second kappa shape index (κ2) is 7.63. The third-order valence-electron chi connectivity index (χ3n) is 5.92. The molecule has 5 rings (SSSR count). The molecule has 1 atom stereocenters. The van der Waals surface area contributed by atoms with E-state index in [1.807, 2.05) is 42.2 Å². The Kier molecular flexibility index (Phi) is 4.95. The van der Waals surface area contributed by atoms with Gasteiger partial charge < -0.3 is 10.2 Å². The second-order valence-corrected chi connectivity index (χ2v) is 9.81. The number of aryl methyl sites for hydroxylation is 1. The Hall–Kier alpha value is -2.51. The highest BCUT2D eigenvalue weighted by Crippen LogP contribution is 2.55. The van der Waals surface area contributed by atoms with Crippen LogP contribution in [0.4, 0.5) is 5.95 Å². The summed E-state index contributed by atoms with van der Waals surface area (Å²) in [5.41, 5.74) is 1.88. The quantitative estimate of drug-likeness (QED) is 0.625. The van der Waals surface area contributed by atoms with Crippen molar-refractivity contribution in [3.8, 4) is 10.4 Å². The number of benzene rings is 1. The first-order chi connectivity index (χ1) is 14.5. The highest BCUT2D eigenvalue weighted by molar-refractivity contribution is 7.15. The van der Waals surface area contributed by atoms with E-state index in [2.05, 4.69) is 20.3 Å². The SMILES string of the molecule is Cc1nc(C(=O)N2CC3(CC3)C[C@H]2CNc2ncc(Cl)cn2)c(-c2ccccc2)s1. The molecule has 1 aliphatic carbocycles. The maximum atomic E-state index is 13.6. The number of carbonyl (C=O) groups is 1. The van der Waals surface area contributed by atoms with Crippen LogP contribution < -0.4 is 5.32 Å². The minimum Gasteiger partial charge on any atom is -0.352 e. The average Bonchev–Trinajstić information content (AvgIpc) is 3.24. The van der Waals surface area contributed by atoms with Gasteiger partial charge in [0.15, 0.2) is 0 Å². The van der Waals surface area contributed by atoms with Crippen molar-refractivity contribution in [2.45, 2.75) is 32.2 Å². The zero-order chi connectivity index (χ0) is 20.7. The molecule has 1 aromatic carbocycles. The van der Waals surface area contributed by atoms with Gasteiger partial charge in [0, 0.05) is 13.1 Å². The number of rotatable bonds is 5. The molecule has 0 radical (unpaired) electrons. The van der Waals surface area contributed by atoms with Crippen molar-refractivity contribution in [1.82, 2.24) is 19.9 Å². The summed E-state index contributed by atoms with van der Waals surface area (Å²) in [6.45, 7) is 3.36. The van der Waals surface area contributed by atoms with E-state index < -0.39 is 0 Å². The number of halogens is 1. The topological polar surface area (TPSA) is 71.0 Å². The van der Waals surface area contributed by atoms with Crippen LogP contribution in [0.3, 0.4) is 0 Å². The summed E-state index contributed by atoms with van der Waals surface area (Å²) in [6.07, 6.45) is 6.52. The Balaban J connectivity index is 1.39. The molecular formula is C22H22ClN5OS. The first-order valence-electron chi connectivity index (χ1n) is 10.1. The van der Waals surface area contributed by atoms with Gasteiger partial charge in [0.25, 0.3) is 5.91 Å². The molecule has 0 unspecified atom stereocenters. The van der Waals surface area contributed by atoms with E-state index in [1.165, 1.54) is 12.8 Å². The molecular weight excluding hydrogens is 418 g/mol. The standard InChI is InChI=1S/C22H22ClN5OS/c1-14-27-18(19(30-14)15-5-3-2-4-6-15)20(29)28-13-22(7-8-22)9-17(28)12-26-21-24-10-16(23)11-25-21/h2-6,10-11,17H,7-9,12-13H2,1H3,(H,24,25,26)/t17-/m0/s1. The molecule has 0 bridgehead atoms. The van der Waals surface area contributed by atoms with Gasteiger partial charge in [0.2, 0.25) is 5.95 Å². The lowest BCUT2D eigenvalue weighted by Crippen LogP contribution is -2.40. The van der Waals surface area contributed by atoms with Crippen LogP contribution in [0, 0.1) is 12.3 Å². The second-order valence-electron chi connectivity index (χ2n) is 8.17. The molecule has 8 heteroatoms. The van der Waals surface area contributed by atoms with Crippen LogP contribution in [0.25, 0.3) is 10.4 Å². The fraction of sp³-hybridized carbons (Fsp3) is 0.364. The Labute approximate surface area is 184 Å². The molecule has 154 valence electrons. The van der Waals surface area contributed by atoms with Gasteiger partial charge in [0.05, 0.1) is 33.3 Å². The van der Waals surface area contributed by atoms with Crippen LogP contribution >= 0.6 is 22.9 Å². The third-order valence-corrected chi connectivity index (χ3v) is 7.14. The predicted octanol–water partition coefficient (Wildman–Crippen LogP) is 4.67. The number of nitrogens with one attached hydrogen (secondary N) is 1. The molecule has 2 aliphatic rings. The first kappa shape index (κ1) is 19.5. The van der Waals surface area contributed by atoms with Crippen LogP contribution in [0.2, 0.25) is 5.02 Å². The zero-order valence-corrected chi connectivity index (χ0v) is 18.2. The normalized spacial score (nSPS) is 19.3. The predicted molar refractivity (Wildman–Crippen MR) is 119 cm³/mol. The molecule has 6 nitrogen and oxygen atoms in total. The molecule has 2 aromatic heterocycles. The van der Waals surface area contributed by atoms with Crippen molar-refractivity contribution in [1.29, 1.82) is 0 Å². The summed E-state index contributed by atoms with van der Waals surface area (Å²) in [5.74, 6) is 0.545. The molecule has 3 heterocycles. The lowest BCUT2D eigenvalue weighted by atomic mass is 10.0. The van der Waals surface area contributed by atoms with Crippen LogP contribution in [0.15, 0.2) is 42.7 Å². The van der Waals surface area contributed by atoms with E-state index in [0.29, 0.717) is 23.2 Å². The van der Waals surface area contributed by atoms with Gasteiger partial charge in [0.1, 0.15) is 5.69 Å². The van der Waals surface area contributed by atoms with E-state index in [0.717, 1.165) is 28.4 Å². The Bertz CT molecular complexity index is 1060. The van der Waals surface area contributed by atoms with Crippen molar-refractivity contribution in [3.63, 3.8) is 0 Å². The number of likely N-dealkylation sites (tertiary alicyclic amines) is 1. The molecule has 3 aromatic rings. The lowest BCUT2D eigenvalue weighted by Gasteiger charge is -2.24. The minimum absolute atomic E-state index is 0.0193. The minimum atomic E-state index is 0.0193. The van der Waals surface area contributed by atoms with E-state index in [9.17, 15) is 4.79 Å². The number of nitrogens with zero attached hydrogens (tertiary/aromatic N) is 4. The van der Waals surface area contributed by atoms with Crippen LogP contribution in [-0.4, -0.2) is 44.9 Å². The molecule has 1 aliphatic heterocycles. The zero-order valence-electron chi connectivity index (χ0n) is 16.6. The Morgan fingerprint density at radius 1 is 1.27 bits per heavy atom. The van der Waals surface area contributed by atoms with Crippen molar-refractivity contribution in [3.05, 3.63) is 58.4 Å². The summed E-state index contributed by atoms with van der Waals surface area (Å²) >= 11 is 7.45. The van der Waals surface area contributed by atoms with Gasteiger partial charge in [-0.25, -0.2) is 15.0 Å². The molecule has 1 N–H and O–H groups in total. The molecule has 1 saturated carbocycles. The molecule has 30 heavy (non-hydrogen) atoms. The first-order valence-corrected chi connectivity index (χ1v) is 11.3. The number of anilines is 1. The van der Waals surface area contributed by atoms with E-state index in [-0.39, 0.29) is 17.4 Å². The van der Waals surface area contributed by atoms with Crippen molar-refractivity contribution >= 4 is 34.8 Å². The van der Waals surface area contributed by atoms with Crippen molar-refractivity contribution in [2.75, 3.05) is 18.4 Å². The van der Waals surface area contributed by atoms with Crippen molar-refractivity contribution in [2.24, 2.45) is 5.41 Å².